The van der Waals surface area contributed by atoms with Crippen LogP contribution in [0.2, 0.25) is 0 Å². The fourth-order valence-electron chi connectivity index (χ4n) is 5.53. The van der Waals surface area contributed by atoms with E-state index in [2.05, 4.69) is 16.0 Å². The van der Waals surface area contributed by atoms with Crippen LogP contribution < -0.4 is 25.4 Å². The third-order valence-corrected chi connectivity index (χ3v) is 7.72. The zero-order valence-electron chi connectivity index (χ0n) is 23.8. The maximum absolute atomic E-state index is 14.0. The molecule has 218 valence electrons. The Balaban J connectivity index is 1.48. The largest absolute Gasteiger partial charge is 0.496 e. The quantitative estimate of drug-likeness (QED) is 0.405. The first-order valence-corrected chi connectivity index (χ1v) is 14.1. The van der Waals surface area contributed by atoms with E-state index in [1.807, 2.05) is 60.7 Å². The topological polar surface area (TPSA) is 109 Å². The van der Waals surface area contributed by atoms with Crippen molar-refractivity contribution in [1.29, 1.82) is 0 Å². The van der Waals surface area contributed by atoms with Crippen LogP contribution in [0.25, 0.3) is 6.08 Å². The lowest BCUT2D eigenvalue weighted by Gasteiger charge is -2.31. The number of fused-ring (bicyclic) bond motifs is 3. The molecule has 2 heterocycles. The Labute approximate surface area is 245 Å². The zero-order valence-corrected chi connectivity index (χ0v) is 23.8. The second kappa shape index (κ2) is 13.4. The van der Waals surface area contributed by atoms with Crippen LogP contribution >= 0.6 is 0 Å². The predicted molar refractivity (Wildman–Crippen MR) is 160 cm³/mol. The van der Waals surface area contributed by atoms with Crippen molar-refractivity contribution in [2.75, 3.05) is 20.7 Å². The van der Waals surface area contributed by atoms with Gasteiger partial charge in [0.05, 0.1) is 13.2 Å². The van der Waals surface area contributed by atoms with Crippen LogP contribution in [0.1, 0.15) is 23.1 Å². The van der Waals surface area contributed by atoms with Crippen molar-refractivity contribution in [3.05, 3.63) is 102 Å². The van der Waals surface area contributed by atoms with Crippen molar-refractivity contribution in [1.82, 2.24) is 20.9 Å². The molecule has 0 saturated carbocycles. The number of hydrogen-bond acceptors (Lipinski definition) is 6. The van der Waals surface area contributed by atoms with E-state index in [0.29, 0.717) is 36.4 Å². The predicted octanol–water partition coefficient (Wildman–Crippen LogP) is 2.70. The molecule has 0 spiro atoms. The monoisotopic (exact) mass is 568 g/mol. The number of likely N-dealkylation sites (N-methyl/N-ethyl adjacent to an activating group) is 1. The molecule has 3 aromatic rings. The summed E-state index contributed by atoms with van der Waals surface area (Å²) in [5.41, 5.74) is 2.60. The number of carbonyl (C=O) groups excluding carboxylic acids is 3. The standard InChI is InChI=1S/C33H36N4O5/c1-34-27(20-23-11-7-4-8-12-23)33(40)37-18-16-29-30(37)32(39)36-26(19-22-9-5-3-6-10-22)31(38)35-17-15-24-21-25(42-29)13-14-28(24)41-2/h3-15,17,21,26-27,29-30,34H,16,18-20H2,1-2H3,(H,35,38)(H,36,39)/b17-15+/t26-,27-,29?,30-/m0/s1. The van der Waals surface area contributed by atoms with Gasteiger partial charge in [0, 0.05) is 31.1 Å². The Morgan fingerprint density at radius 1 is 1.02 bits per heavy atom. The summed E-state index contributed by atoms with van der Waals surface area (Å²) in [5, 5.41) is 8.87. The summed E-state index contributed by atoms with van der Waals surface area (Å²) in [7, 11) is 3.31. The third kappa shape index (κ3) is 6.63. The van der Waals surface area contributed by atoms with Crippen molar-refractivity contribution in [3.63, 3.8) is 0 Å². The van der Waals surface area contributed by atoms with E-state index < -0.39 is 30.1 Å². The molecule has 2 aliphatic heterocycles. The highest BCUT2D eigenvalue weighted by molar-refractivity contribution is 5.94. The van der Waals surface area contributed by atoms with Crippen molar-refractivity contribution in [3.8, 4) is 11.5 Å². The van der Waals surface area contributed by atoms with Gasteiger partial charge < -0.3 is 30.3 Å². The molecule has 1 fully saturated rings. The number of nitrogens with zero attached hydrogens (tertiary/aromatic N) is 1. The van der Waals surface area contributed by atoms with E-state index in [-0.39, 0.29) is 18.2 Å². The van der Waals surface area contributed by atoms with Gasteiger partial charge in [-0.15, -0.1) is 0 Å². The molecule has 3 amide bonds. The van der Waals surface area contributed by atoms with Gasteiger partial charge in [-0.2, -0.15) is 0 Å². The van der Waals surface area contributed by atoms with E-state index in [1.54, 1.807) is 43.3 Å². The minimum Gasteiger partial charge on any atom is -0.496 e. The molecule has 1 saturated heterocycles. The molecular formula is C33H36N4O5. The minimum absolute atomic E-state index is 0.196. The Bertz CT molecular complexity index is 1430. The minimum atomic E-state index is -0.936. The summed E-state index contributed by atoms with van der Waals surface area (Å²) in [5.74, 6) is 0.138. The molecule has 5 rings (SSSR count). The van der Waals surface area contributed by atoms with Crippen LogP contribution in [-0.4, -0.2) is 67.6 Å². The van der Waals surface area contributed by atoms with Crippen molar-refractivity contribution >= 4 is 23.8 Å². The number of likely N-dealkylation sites (tertiary alicyclic amines) is 1. The summed E-state index contributed by atoms with van der Waals surface area (Å²) >= 11 is 0. The van der Waals surface area contributed by atoms with E-state index in [0.717, 1.165) is 11.1 Å². The van der Waals surface area contributed by atoms with Crippen LogP contribution in [0.3, 0.4) is 0 Å². The van der Waals surface area contributed by atoms with E-state index in [9.17, 15) is 14.4 Å². The summed E-state index contributed by atoms with van der Waals surface area (Å²) in [6.45, 7) is 0.340. The first-order valence-electron chi connectivity index (χ1n) is 14.1. The number of ether oxygens (including phenoxy) is 2. The first kappa shape index (κ1) is 28.9. The SMILES string of the molecule is CN[C@@H](Cc1ccccc1)C(=O)N1CCC2Oc3ccc(OC)c(c3)/C=C/NC(=O)[C@H](Cc3ccccc3)NC(=O)[C@H]21. The van der Waals surface area contributed by atoms with Gasteiger partial charge in [-0.25, -0.2) is 0 Å². The van der Waals surface area contributed by atoms with Gasteiger partial charge >= 0.3 is 0 Å². The molecule has 4 atom stereocenters. The number of carbonyl (C=O) groups is 3. The van der Waals surface area contributed by atoms with Crippen LogP contribution in [0.15, 0.2) is 85.1 Å². The van der Waals surface area contributed by atoms with E-state index >= 15 is 0 Å². The lowest BCUT2D eigenvalue weighted by Crippen LogP contribution is -2.58. The lowest BCUT2D eigenvalue weighted by atomic mass is 10.0. The maximum Gasteiger partial charge on any atom is 0.247 e. The highest BCUT2D eigenvalue weighted by Gasteiger charge is 2.45. The Morgan fingerprint density at radius 2 is 1.74 bits per heavy atom. The van der Waals surface area contributed by atoms with Crippen molar-refractivity contribution < 1.29 is 23.9 Å². The smallest absolute Gasteiger partial charge is 0.247 e. The van der Waals surface area contributed by atoms with Gasteiger partial charge in [0.2, 0.25) is 17.7 Å². The highest BCUT2D eigenvalue weighted by Crippen LogP contribution is 2.30. The molecule has 3 aromatic carbocycles. The maximum atomic E-state index is 14.0. The average molecular weight is 569 g/mol. The summed E-state index contributed by atoms with van der Waals surface area (Å²) < 4.78 is 11.9. The molecule has 42 heavy (non-hydrogen) atoms. The average Bonchev–Trinajstić information content (AvgIpc) is 3.43. The van der Waals surface area contributed by atoms with Gasteiger partial charge in [0.1, 0.15) is 29.7 Å². The fourth-order valence-corrected chi connectivity index (χ4v) is 5.53. The Morgan fingerprint density at radius 3 is 2.43 bits per heavy atom. The molecule has 2 aliphatic rings. The lowest BCUT2D eigenvalue weighted by molar-refractivity contribution is -0.142. The molecular weight excluding hydrogens is 532 g/mol. The molecule has 0 radical (unpaired) electrons. The number of methoxy groups -OCH3 is 1. The highest BCUT2D eigenvalue weighted by atomic mass is 16.5. The number of rotatable bonds is 7. The fraction of sp³-hybridized carbons (Fsp3) is 0.303. The molecule has 2 bridgehead atoms. The van der Waals surface area contributed by atoms with Crippen molar-refractivity contribution in [2.45, 2.75) is 43.5 Å². The normalized spacial score (nSPS) is 21.8. The van der Waals surface area contributed by atoms with Crippen LogP contribution in [-0.2, 0) is 27.2 Å². The summed E-state index contributed by atoms with van der Waals surface area (Å²) in [6, 6.07) is 22.2. The Kier molecular flexibility index (Phi) is 9.18. The van der Waals surface area contributed by atoms with E-state index in [4.69, 9.17) is 9.47 Å². The number of hydrogen-bond donors (Lipinski definition) is 3. The van der Waals surface area contributed by atoms with Gasteiger partial charge in [0.25, 0.3) is 0 Å². The third-order valence-electron chi connectivity index (χ3n) is 7.72. The molecule has 1 unspecified atom stereocenters. The Hall–Kier alpha value is -4.63. The molecule has 9 nitrogen and oxygen atoms in total. The number of benzene rings is 3. The summed E-state index contributed by atoms with van der Waals surface area (Å²) in [4.78, 5) is 42.9. The number of amides is 3. The van der Waals surface area contributed by atoms with Gasteiger partial charge in [-0.3, -0.25) is 14.4 Å². The molecule has 9 heteroatoms. The van der Waals surface area contributed by atoms with Crippen LogP contribution in [0.4, 0.5) is 0 Å². The van der Waals surface area contributed by atoms with Crippen molar-refractivity contribution in [2.24, 2.45) is 0 Å². The van der Waals surface area contributed by atoms with Crippen LogP contribution in [0, 0.1) is 0 Å². The summed E-state index contributed by atoms with van der Waals surface area (Å²) in [6.07, 6.45) is 3.85. The van der Waals surface area contributed by atoms with Gasteiger partial charge in [0.15, 0.2) is 0 Å². The molecule has 0 aliphatic carbocycles. The van der Waals surface area contributed by atoms with Gasteiger partial charge in [-0.05, 0) is 48.9 Å². The van der Waals surface area contributed by atoms with Gasteiger partial charge in [-0.1, -0.05) is 60.7 Å². The zero-order chi connectivity index (χ0) is 29.5. The number of nitrogens with one attached hydrogen (secondary N) is 3. The first-order chi connectivity index (χ1) is 20.5. The van der Waals surface area contributed by atoms with E-state index in [1.165, 1.54) is 6.20 Å². The molecule has 0 aromatic heterocycles. The second-order valence-electron chi connectivity index (χ2n) is 10.4. The second-order valence-corrected chi connectivity index (χ2v) is 10.4. The van der Waals surface area contributed by atoms with Crippen LogP contribution in [0.5, 0.6) is 11.5 Å². The molecule has 3 N–H and O–H groups in total.